The molecule has 0 N–H and O–H groups in total. The van der Waals surface area contributed by atoms with Gasteiger partial charge in [-0.05, 0) is 54.8 Å². The van der Waals surface area contributed by atoms with E-state index in [0.29, 0.717) is 11.5 Å². The summed E-state index contributed by atoms with van der Waals surface area (Å²) < 4.78 is 15.4. The van der Waals surface area contributed by atoms with Crippen molar-refractivity contribution in [2.75, 3.05) is 0 Å². The molecule has 0 atom stereocenters. The van der Waals surface area contributed by atoms with Gasteiger partial charge >= 0.3 is 0 Å². The van der Waals surface area contributed by atoms with Gasteiger partial charge in [0.15, 0.2) is 0 Å². The molecule has 116 valence electrons. The zero-order valence-electron chi connectivity index (χ0n) is 13.3. The number of aromatic nitrogens is 2. The number of aryl methyl sites for hydroxylation is 1. The van der Waals surface area contributed by atoms with Crippen molar-refractivity contribution in [2.24, 2.45) is 5.92 Å². The number of rotatable bonds is 4. The average molecular weight is 307 g/mol. The van der Waals surface area contributed by atoms with Crippen molar-refractivity contribution < 1.29 is 4.39 Å². The second-order valence-electron chi connectivity index (χ2n) is 6.09. The van der Waals surface area contributed by atoms with Crippen molar-refractivity contribution in [1.82, 2.24) is 9.55 Å². The molecule has 3 aromatic rings. The minimum Gasteiger partial charge on any atom is -0.324 e. The minimum atomic E-state index is -0.259. The van der Waals surface area contributed by atoms with E-state index in [2.05, 4.69) is 29.5 Å². The Bertz CT molecular complexity index is 870. The molecule has 23 heavy (non-hydrogen) atoms. The number of hydrogen-bond acceptors (Lipinski definition) is 2. The summed E-state index contributed by atoms with van der Waals surface area (Å²) in [6.07, 6.45) is 1.03. The van der Waals surface area contributed by atoms with Crippen molar-refractivity contribution >= 4 is 11.0 Å². The summed E-state index contributed by atoms with van der Waals surface area (Å²) in [7, 11) is 0. The fourth-order valence-corrected chi connectivity index (χ4v) is 2.63. The standard InChI is InChI=1S/C19H18FN3/c1-13(2)9-10-23-18-8-3-14(12-21)11-17(18)22-19(23)15-4-6-16(20)7-5-15/h3-8,11,13H,9-10H2,1-2H3. The smallest absolute Gasteiger partial charge is 0.141 e. The lowest BCUT2D eigenvalue weighted by Gasteiger charge is -2.11. The van der Waals surface area contributed by atoms with Gasteiger partial charge in [-0.25, -0.2) is 9.37 Å². The van der Waals surface area contributed by atoms with Crippen LogP contribution in [0.15, 0.2) is 42.5 Å². The summed E-state index contributed by atoms with van der Waals surface area (Å²) >= 11 is 0. The van der Waals surface area contributed by atoms with Crippen molar-refractivity contribution in [1.29, 1.82) is 5.26 Å². The van der Waals surface area contributed by atoms with Crippen LogP contribution in [0.5, 0.6) is 0 Å². The number of hydrogen-bond donors (Lipinski definition) is 0. The summed E-state index contributed by atoms with van der Waals surface area (Å²) in [6, 6.07) is 14.1. The van der Waals surface area contributed by atoms with Crippen LogP contribution < -0.4 is 0 Å². The van der Waals surface area contributed by atoms with Crippen molar-refractivity contribution in [3.05, 3.63) is 53.8 Å². The molecule has 0 spiro atoms. The highest BCUT2D eigenvalue weighted by atomic mass is 19.1. The number of nitrogens with zero attached hydrogens (tertiary/aromatic N) is 3. The van der Waals surface area contributed by atoms with E-state index < -0.39 is 0 Å². The number of nitriles is 1. The lowest BCUT2D eigenvalue weighted by molar-refractivity contribution is 0.525. The predicted molar refractivity (Wildman–Crippen MR) is 89.3 cm³/mol. The molecule has 3 nitrogen and oxygen atoms in total. The van der Waals surface area contributed by atoms with Crippen LogP contribution in [0.2, 0.25) is 0 Å². The molecule has 0 aliphatic heterocycles. The zero-order chi connectivity index (χ0) is 16.4. The van der Waals surface area contributed by atoms with Crippen LogP contribution in [-0.2, 0) is 6.54 Å². The van der Waals surface area contributed by atoms with Crippen LogP contribution in [0.25, 0.3) is 22.4 Å². The summed E-state index contributed by atoms with van der Waals surface area (Å²) in [5.74, 6) is 1.13. The van der Waals surface area contributed by atoms with E-state index in [4.69, 9.17) is 5.26 Å². The Morgan fingerprint density at radius 2 is 1.91 bits per heavy atom. The van der Waals surface area contributed by atoms with Gasteiger partial charge in [-0.15, -0.1) is 0 Å². The highest BCUT2D eigenvalue weighted by molar-refractivity contribution is 5.82. The minimum absolute atomic E-state index is 0.259. The molecule has 2 aromatic carbocycles. The van der Waals surface area contributed by atoms with E-state index >= 15 is 0 Å². The molecule has 0 unspecified atom stereocenters. The van der Waals surface area contributed by atoms with Crippen molar-refractivity contribution in [3.63, 3.8) is 0 Å². The Labute approximate surface area is 135 Å². The van der Waals surface area contributed by atoms with Crippen LogP contribution in [-0.4, -0.2) is 9.55 Å². The van der Waals surface area contributed by atoms with Gasteiger partial charge in [0, 0.05) is 12.1 Å². The lowest BCUT2D eigenvalue weighted by Crippen LogP contribution is -2.03. The Balaban J connectivity index is 2.15. The fourth-order valence-electron chi connectivity index (χ4n) is 2.63. The van der Waals surface area contributed by atoms with Gasteiger partial charge in [-0.2, -0.15) is 5.26 Å². The Hall–Kier alpha value is -2.67. The Kier molecular flexibility index (Phi) is 4.12. The third kappa shape index (κ3) is 3.09. The van der Waals surface area contributed by atoms with Crippen molar-refractivity contribution in [3.8, 4) is 17.5 Å². The van der Waals surface area contributed by atoms with E-state index in [1.165, 1.54) is 12.1 Å². The maximum Gasteiger partial charge on any atom is 0.141 e. The molecule has 0 fully saturated rings. The van der Waals surface area contributed by atoms with Gasteiger partial charge in [0.1, 0.15) is 11.6 Å². The Morgan fingerprint density at radius 3 is 2.57 bits per heavy atom. The summed E-state index contributed by atoms with van der Waals surface area (Å²) in [5.41, 5.74) is 3.28. The second kappa shape index (κ2) is 6.21. The number of halogens is 1. The molecule has 0 saturated carbocycles. The van der Waals surface area contributed by atoms with Gasteiger partial charge in [0.2, 0.25) is 0 Å². The largest absolute Gasteiger partial charge is 0.324 e. The van der Waals surface area contributed by atoms with Crippen LogP contribution in [0.3, 0.4) is 0 Å². The first-order valence-corrected chi connectivity index (χ1v) is 7.75. The summed E-state index contributed by atoms with van der Waals surface area (Å²) in [6.45, 7) is 5.21. The summed E-state index contributed by atoms with van der Waals surface area (Å²) in [5, 5.41) is 9.07. The van der Waals surface area contributed by atoms with E-state index in [1.54, 1.807) is 18.2 Å². The highest BCUT2D eigenvalue weighted by Gasteiger charge is 2.13. The van der Waals surface area contributed by atoms with Crippen LogP contribution in [0, 0.1) is 23.1 Å². The lowest BCUT2D eigenvalue weighted by atomic mass is 10.1. The van der Waals surface area contributed by atoms with E-state index in [1.807, 2.05) is 12.1 Å². The molecule has 0 amide bonds. The second-order valence-corrected chi connectivity index (χ2v) is 6.09. The first-order chi connectivity index (χ1) is 11.1. The number of imidazole rings is 1. The molecular formula is C19H18FN3. The highest BCUT2D eigenvalue weighted by Crippen LogP contribution is 2.26. The van der Waals surface area contributed by atoms with Crippen LogP contribution in [0.4, 0.5) is 4.39 Å². The average Bonchev–Trinajstić information content (AvgIpc) is 2.91. The first-order valence-electron chi connectivity index (χ1n) is 7.75. The molecule has 0 saturated heterocycles. The topological polar surface area (TPSA) is 41.6 Å². The molecule has 3 rings (SSSR count). The van der Waals surface area contributed by atoms with Crippen LogP contribution in [0.1, 0.15) is 25.8 Å². The molecular weight excluding hydrogens is 289 g/mol. The van der Waals surface area contributed by atoms with E-state index in [-0.39, 0.29) is 5.82 Å². The predicted octanol–water partition coefficient (Wildman–Crippen LogP) is 4.76. The van der Waals surface area contributed by atoms with Gasteiger partial charge in [0.25, 0.3) is 0 Å². The summed E-state index contributed by atoms with van der Waals surface area (Å²) in [4.78, 5) is 4.69. The van der Waals surface area contributed by atoms with E-state index in [9.17, 15) is 4.39 Å². The molecule has 4 heteroatoms. The SMILES string of the molecule is CC(C)CCn1c(-c2ccc(F)cc2)nc2cc(C#N)ccc21. The van der Waals surface area contributed by atoms with Crippen molar-refractivity contribution in [2.45, 2.75) is 26.8 Å². The maximum absolute atomic E-state index is 13.2. The van der Waals surface area contributed by atoms with E-state index in [0.717, 1.165) is 35.4 Å². The van der Waals surface area contributed by atoms with Crippen LogP contribution >= 0.6 is 0 Å². The van der Waals surface area contributed by atoms with Gasteiger partial charge < -0.3 is 4.57 Å². The van der Waals surface area contributed by atoms with Gasteiger partial charge in [-0.1, -0.05) is 13.8 Å². The molecule has 1 aromatic heterocycles. The monoisotopic (exact) mass is 307 g/mol. The third-order valence-electron chi connectivity index (χ3n) is 3.91. The third-order valence-corrected chi connectivity index (χ3v) is 3.91. The first kappa shape index (κ1) is 15.2. The maximum atomic E-state index is 13.2. The molecule has 0 bridgehead atoms. The normalized spacial score (nSPS) is 11.1. The van der Waals surface area contributed by atoms with Gasteiger partial charge in [0.05, 0.1) is 22.7 Å². The molecule has 0 aliphatic rings. The quantitative estimate of drug-likeness (QED) is 0.697. The Morgan fingerprint density at radius 1 is 1.17 bits per heavy atom. The van der Waals surface area contributed by atoms with Gasteiger partial charge in [-0.3, -0.25) is 0 Å². The molecule has 0 aliphatic carbocycles. The molecule has 1 heterocycles. The number of benzene rings is 2. The molecule has 0 radical (unpaired) electrons. The zero-order valence-corrected chi connectivity index (χ0v) is 13.3. The number of fused-ring (bicyclic) bond motifs is 1. The fraction of sp³-hybridized carbons (Fsp3) is 0.263.